The number of hydrogen-bond acceptors (Lipinski definition) is 7. The molecule has 7 heteroatoms. The van der Waals surface area contributed by atoms with Crippen molar-refractivity contribution in [2.45, 2.75) is 47.5 Å². The van der Waals surface area contributed by atoms with Crippen LogP contribution < -0.4 is 15.4 Å². The number of anilines is 1. The lowest BCUT2D eigenvalue weighted by atomic mass is 10.0. The normalized spacial score (nSPS) is 11.0. The maximum atomic E-state index is 6.02. The molecule has 0 saturated carbocycles. The number of benzene rings is 1. The molecule has 31 heavy (non-hydrogen) atoms. The minimum absolute atomic E-state index is 0.468. The van der Waals surface area contributed by atoms with Crippen LogP contribution in [-0.4, -0.2) is 41.4 Å². The number of hydrogen-bond donors (Lipinski definition) is 1. The van der Waals surface area contributed by atoms with Gasteiger partial charge in [0.25, 0.3) is 0 Å². The summed E-state index contributed by atoms with van der Waals surface area (Å²) in [6.45, 7) is 13.5. The van der Waals surface area contributed by atoms with E-state index in [4.69, 9.17) is 14.9 Å². The number of nitrogens with two attached hydrogens (primary N) is 1. The van der Waals surface area contributed by atoms with E-state index in [1.165, 1.54) is 0 Å². The molecule has 3 aromatic rings. The third-order valence-corrected chi connectivity index (χ3v) is 5.36. The van der Waals surface area contributed by atoms with E-state index < -0.39 is 0 Å². The van der Waals surface area contributed by atoms with Crippen molar-refractivity contribution in [1.82, 2.24) is 15.2 Å². The molecule has 0 fully saturated rings. The Kier molecular flexibility index (Phi) is 7.63. The first-order valence-electron chi connectivity index (χ1n) is 11.0. The van der Waals surface area contributed by atoms with E-state index in [0.29, 0.717) is 24.9 Å². The van der Waals surface area contributed by atoms with Crippen LogP contribution in [0.3, 0.4) is 0 Å². The number of aromatic nitrogens is 3. The van der Waals surface area contributed by atoms with Crippen molar-refractivity contribution in [2.75, 3.05) is 31.1 Å². The van der Waals surface area contributed by atoms with Crippen LogP contribution in [0, 0.1) is 13.8 Å². The molecule has 2 N–H and O–H groups in total. The highest BCUT2D eigenvalue weighted by atomic mass is 16.5. The SMILES string of the molecule is CCc1cc(-c2nnc(-c3cnc(N(CC)CC)c(C)c3)o2)cc(C)c1OCCCN. The van der Waals surface area contributed by atoms with Gasteiger partial charge in [0.2, 0.25) is 11.8 Å². The summed E-state index contributed by atoms with van der Waals surface area (Å²) >= 11 is 0. The van der Waals surface area contributed by atoms with Gasteiger partial charge in [-0.3, -0.25) is 0 Å². The fourth-order valence-corrected chi connectivity index (χ4v) is 3.69. The van der Waals surface area contributed by atoms with E-state index >= 15 is 0 Å². The molecule has 0 spiro atoms. The molecule has 7 nitrogen and oxygen atoms in total. The van der Waals surface area contributed by atoms with Gasteiger partial charge in [0.05, 0.1) is 12.2 Å². The van der Waals surface area contributed by atoms with Crippen LogP contribution in [0.2, 0.25) is 0 Å². The second-order valence-corrected chi connectivity index (χ2v) is 7.57. The molecular weight excluding hydrogens is 390 g/mol. The molecule has 2 heterocycles. The van der Waals surface area contributed by atoms with Gasteiger partial charge < -0.3 is 19.8 Å². The van der Waals surface area contributed by atoms with Gasteiger partial charge in [-0.05, 0) is 82.0 Å². The molecule has 0 aliphatic heterocycles. The lowest BCUT2D eigenvalue weighted by molar-refractivity contribution is 0.308. The predicted octanol–water partition coefficient (Wildman–Crippen LogP) is 4.55. The van der Waals surface area contributed by atoms with Gasteiger partial charge in [0.15, 0.2) is 0 Å². The minimum Gasteiger partial charge on any atom is -0.493 e. The maximum Gasteiger partial charge on any atom is 0.249 e. The lowest BCUT2D eigenvalue weighted by Gasteiger charge is -2.21. The molecular formula is C24H33N5O2. The lowest BCUT2D eigenvalue weighted by Crippen LogP contribution is -2.23. The smallest absolute Gasteiger partial charge is 0.249 e. The summed E-state index contributed by atoms with van der Waals surface area (Å²) in [6.07, 6.45) is 3.48. The number of nitrogens with zero attached hydrogens (tertiary/aromatic N) is 4. The van der Waals surface area contributed by atoms with Crippen molar-refractivity contribution in [2.24, 2.45) is 5.73 Å². The molecule has 0 unspecified atom stereocenters. The van der Waals surface area contributed by atoms with Gasteiger partial charge in [-0.15, -0.1) is 10.2 Å². The molecule has 3 rings (SSSR count). The molecule has 0 aliphatic rings. The van der Waals surface area contributed by atoms with E-state index in [-0.39, 0.29) is 0 Å². The van der Waals surface area contributed by atoms with Crippen LogP contribution in [0.1, 0.15) is 43.9 Å². The van der Waals surface area contributed by atoms with Crippen molar-refractivity contribution in [3.8, 4) is 28.7 Å². The molecule has 0 saturated heterocycles. The van der Waals surface area contributed by atoms with Crippen LogP contribution in [-0.2, 0) is 6.42 Å². The Morgan fingerprint density at radius 2 is 1.65 bits per heavy atom. The van der Waals surface area contributed by atoms with Crippen LogP contribution in [0.25, 0.3) is 22.9 Å². The first-order chi connectivity index (χ1) is 15.0. The van der Waals surface area contributed by atoms with Gasteiger partial charge in [-0.2, -0.15) is 0 Å². The zero-order chi connectivity index (χ0) is 22.4. The van der Waals surface area contributed by atoms with Crippen molar-refractivity contribution >= 4 is 5.82 Å². The topological polar surface area (TPSA) is 90.3 Å². The van der Waals surface area contributed by atoms with Crippen LogP contribution in [0.4, 0.5) is 5.82 Å². The van der Waals surface area contributed by atoms with Gasteiger partial charge in [0.1, 0.15) is 11.6 Å². The average molecular weight is 424 g/mol. The van der Waals surface area contributed by atoms with Crippen molar-refractivity contribution in [3.05, 3.63) is 41.1 Å². The van der Waals surface area contributed by atoms with Crippen LogP contribution >= 0.6 is 0 Å². The second kappa shape index (κ2) is 10.4. The molecule has 0 aliphatic carbocycles. The fraction of sp³-hybridized carbons (Fsp3) is 0.458. The zero-order valence-electron chi connectivity index (χ0n) is 19.2. The Morgan fingerprint density at radius 3 is 2.26 bits per heavy atom. The molecule has 2 aromatic heterocycles. The van der Waals surface area contributed by atoms with E-state index in [9.17, 15) is 0 Å². The van der Waals surface area contributed by atoms with Gasteiger partial charge >= 0.3 is 0 Å². The van der Waals surface area contributed by atoms with Crippen molar-refractivity contribution in [3.63, 3.8) is 0 Å². The summed E-state index contributed by atoms with van der Waals surface area (Å²) in [5.41, 5.74) is 10.6. The first kappa shape index (κ1) is 22.7. The van der Waals surface area contributed by atoms with Crippen LogP contribution in [0.5, 0.6) is 5.75 Å². The number of pyridine rings is 1. The summed E-state index contributed by atoms with van der Waals surface area (Å²) in [7, 11) is 0. The Hall–Kier alpha value is -2.93. The standard InChI is InChI=1S/C24H33N5O2/c1-6-18-14-19(12-16(4)21(18)30-11-9-10-25)23-27-28-24(31-23)20-13-17(5)22(26-15-20)29(7-2)8-3/h12-15H,6-11,25H2,1-5H3. The summed E-state index contributed by atoms with van der Waals surface area (Å²) in [5, 5.41) is 8.56. The fourth-order valence-electron chi connectivity index (χ4n) is 3.69. The van der Waals surface area contributed by atoms with Crippen molar-refractivity contribution in [1.29, 1.82) is 0 Å². The Labute approximate surface area is 184 Å². The summed E-state index contributed by atoms with van der Waals surface area (Å²) in [6, 6.07) is 6.14. The Bertz CT molecular complexity index is 1010. The number of rotatable bonds is 10. The summed E-state index contributed by atoms with van der Waals surface area (Å²) < 4.78 is 12.0. The zero-order valence-corrected chi connectivity index (χ0v) is 19.2. The van der Waals surface area contributed by atoms with Gasteiger partial charge in [-0.25, -0.2) is 4.98 Å². The largest absolute Gasteiger partial charge is 0.493 e. The second-order valence-electron chi connectivity index (χ2n) is 7.57. The van der Waals surface area contributed by atoms with Crippen LogP contribution in [0.15, 0.2) is 28.8 Å². The molecule has 0 amide bonds. The molecule has 0 atom stereocenters. The molecule has 0 bridgehead atoms. The Balaban J connectivity index is 1.88. The van der Waals surface area contributed by atoms with Crippen molar-refractivity contribution < 1.29 is 9.15 Å². The van der Waals surface area contributed by atoms with Gasteiger partial charge in [0, 0.05) is 24.8 Å². The van der Waals surface area contributed by atoms with Gasteiger partial charge in [-0.1, -0.05) is 6.92 Å². The third kappa shape index (κ3) is 5.05. The maximum absolute atomic E-state index is 6.02. The quantitative estimate of drug-likeness (QED) is 0.478. The highest BCUT2D eigenvalue weighted by molar-refractivity contribution is 5.63. The monoisotopic (exact) mass is 423 g/mol. The molecule has 166 valence electrons. The number of ether oxygens (including phenoxy) is 1. The molecule has 1 aromatic carbocycles. The average Bonchev–Trinajstić information content (AvgIpc) is 3.27. The predicted molar refractivity (Wildman–Crippen MR) is 125 cm³/mol. The molecule has 0 radical (unpaired) electrons. The van der Waals surface area contributed by atoms with E-state index in [1.807, 2.05) is 13.0 Å². The Morgan fingerprint density at radius 1 is 0.968 bits per heavy atom. The first-order valence-corrected chi connectivity index (χ1v) is 11.0. The third-order valence-electron chi connectivity index (χ3n) is 5.36. The highest BCUT2D eigenvalue weighted by Gasteiger charge is 2.16. The van der Waals surface area contributed by atoms with E-state index in [0.717, 1.165) is 65.3 Å². The highest BCUT2D eigenvalue weighted by Crippen LogP contribution is 2.32. The van der Waals surface area contributed by atoms with E-state index in [2.05, 4.69) is 59.9 Å². The summed E-state index contributed by atoms with van der Waals surface area (Å²) in [5.74, 6) is 2.87. The number of aryl methyl sites for hydroxylation is 3. The minimum atomic E-state index is 0.468. The van der Waals surface area contributed by atoms with E-state index in [1.54, 1.807) is 6.20 Å². The summed E-state index contributed by atoms with van der Waals surface area (Å²) in [4.78, 5) is 6.87.